The number of nitrogens with zero attached hydrogens (tertiary/aromatic N) is 1. The van der Waals surface area contributed by atoms with Crippen molar-refractivity contribution in [3.05, 3.63) is 59.1 Å². The molecule has 6 nitrogen and oxygen atoms in total. The summed E-state index contributed by atoms with van der Waals surface area (Å²) in [5, 5.41) is 3.41. The zero-order valence-electron chi connectivity index (χ0n) is 16.3. The van der Waals surface area contributed by atoms with Gasteiger partial charge in [0, 0.05) is 30.2 Å². The Labute approximate surface area is 176 Å². The first-order valence-electron chi connectivity index (χ1n) is 9.66. The highest BCUT2D eigenvalue weighted by Gasteiger charge is 2.33. The van der Waals surface area contributed by atoms with Gasteiger partial charge >= 0.3 is 0 Å². The molecule has 0 bridgehead atoms. The Morgan fingerprint density at radius 2 is 1.93 bits per heavy atom. The summed E-state index contributed by atoms with van der Waals surface area (Å²) in [6.45, 7) is 3.37. The predicted octanol–water partition coefficient (Wildman–Crippen LogP) is 3.46. The quantitative estimate of drug-likeness (QED) is 0.721. The molecule has 8 heteroatoms. The molecule has 1 N–H and O–H groups in total. The first-order chi connectivity index (χ1) is 13.9. The molecule has 156 valence electrons. The molecule has 1 heterocycles. The van der Waals surface area contributed by atoms with Crippen LogP contribution in [0.5, 0.6) is 5.75 Å². The number of hydrogen-bond donors (Lipinski definition) is 1. The van der Waals surface area contributed by atoms with Gasteiger partial charge in [-0.1, -0.05) is 29.8 Å². The molecule has 0 aromatic heterocycles. The van der Waals surface area contributed by atoms with Gasteiger partial charge in [-0.3, -0.25) is 4.79 Å². The molecule has 0 unspecified atom stereocenters. The molecule has 0 radical (unpaired) electrons. The maximum absolute atomic E-state index is 12.9. The van der Waals surface area contributed by atoms with Crippen molar-refractivity contribution >= 4 is 27.5 Å². The van der Waals surface area contributed by atoms with Gasteiger partial charge in [0.1, 0.15) is 5.75 Å². The van der Waals surface area contributed by atoms with Crippen molar-refractivity contribution in [3.8, 4) is 5.75 Å². The smallest absolute Gasteiger partial charge is 0.243 e. The Bertz CT molecular complexity index is 947. The molecule has 1 saturated heterocycles. The molecule has 2 aromatic rings. The summed E-state index contributed by atoms with van der Waals surface area (Å²) in [6, 6.07) is 13.6. The SMILES string of the molecule is CCOc1ccccc1CNC(=O)[C@@H]1CCCN(S(=O)(=O)c2ccc(Cl)cc2)C1. The molecule has 3 rings (SSSR count). The summed E-state index contributed by atoms with van der Waals surface area (Å²) in [6.07, 6.45) is 1.30. The third-order valence-electron chi connectivity index (χ3n) is 4.93. The largest absolute Gasteiger partial charge is 0.494 e. The number of rotatable bonds is 7. The molecule has 1 aliphatic rings. The normalized spacial score (nSPS) is 17.7. The molecule has 1 aliphatic heterocycles. The van der Waals surface area contributed by atoms with E-state index in [0.29, 0.717) is 37.6 Å². The van der Waals surface area contributed by atoms with Gasteiger partial charge in [-0.15, -0.1) is 0 Å². The standard InChI is InChI=1S/C21H25ClN2O4S/c1-2-28-20-8-4-3-6-16(20)14-23-21(25)17-7-5-13-24(15-17)29(26,27)19-11-9-18(22)10-12-19/h3-4,6,8-12,17H,2,5,7,13-15H2,1H3,(H,23,25)/t17-/m1/s1. The highest BCUT2D eigenvalue weighted by atomic mass is 35.5. The molecule has 29 heavy (non-hydrogen) atoms. The van der Waals surface area contributed by atoms with Gasteiger partial charge < -0.3 is 10.1 Å². The predicted molar refractivity (Wildman–Crippen MR) is 112 cm³/mol. The highest BCUT2D eigenvalue weighted by Crippen LogP contribution is 2.25. The first kappa shape index (κ1) is 21.6. The van der Waals surface area contributed by atoms with E-state index in [4.69, 9.17) is 16.3 Å². The topological polar surface area (TPSA) is 75.7 Å². The van der Waals surface area contributed by atoms with Gasteiger partial charge in [0.15, 0.2) is 0 Å². The molecule has 1 amide bonds. The second-order valence-corrected chi connectivity index (χ2v) is 9.29. The van der Waals surface area contributed by atoms with E-state index in [2.05, 4.69) is 5.32 Å². The number of ether oxygens (including phenoxy) is 1. The van der Waals surface area contributed by atoms with Crippen LogP contribution in [-0.4, -0.2) is 38.3 Å². The van der Waals surface area contributed by atoms with Crippen molar-refractivity contribution < 1.29 is 17.9 Å². The molecule has 0 saturated carbocycles. The summed E-state index contributed by atoms with van der Waals surface area (Å²) in [5.74, 6) is 0.211. The second-order valence-electron chi connectivity index (χ2n) is 6.91. The lowest BCUT2D eigenvalue weighted by Gasteiger charge is -2.31. The third-order valence-corrected chi connectivity index (χ3v) is 7.06. The van der Waals surface area contributed by atoms with E-state index in [1.54, 1.807) is 12.1 Å². The summed E-state index contributed by atoms with van der Waals surface area (Å²) < 4.78 is 32.8. The zero-order valence-corrected chi connectivity index (χ0v) is 17.9. The number of benzene rings is 2. The van der Waals surface area contributed by atoms with Crippen LogP contribution in [0.4, 0.5) is 0 Å². The van der Waals surface area contributed by atoms with Crippen LogP contribution < -0.4 is 10.1 Å². The fraction of sp³-hybridized carbons (Fsp3) is 0.381. The minimum atomic E-state index is -3.65. The van der Waals surface area contributed by atoms with Crippen LogP contribution >= 0.6 is 11.6 Å². The number of nitrogens with one attached hydrogen (secondary N) is 1. The van der Waals surface area contributed by atoms with Crippen LogP contribution in [0.1, 0.15) is 25.3 Å². The zero-order chi connectivity index (χ0) is 20.9. The van der Waals surface area contributed by atoms with Gasteiger partial charge in [0.25, 0.3) is 0 Å². The van der Waals surface area contributed by atoms with Crippen molar-refractivity contribution in [1.82, 2.24) is 9.62 Å². The Kier molecular flexibility index (Phi) is 7.16. The van der Waals surface area contributed by atoms with Crippen LogP contribution in [0.3, 0.4) is 0 Å². The van der Waals surface area contributed by atoms with Crippen LogP contribution in [-0.2, 0) is 21.4 Å². The number of carbonyl (C=O) groups is 1. The van der Waals surface area contributed by atoms with Gasteiger partial charge in [-0.05, 0) is 50.1 Å². The van der Waals surface area contributed by atoms with E-state index in [1.165, 1.54) is 16.4 Å². The molecular formula is C21H25ClN2O4S. The molecule has 1 atom stereocenters. The summed E-state index contributed by atoms with van der Waals surface area (Å²) in [4.78, 5) is 12.9. The van der Waals surface area contributed by atoms with E-state index >= 15 is 0 Å². The van der Waals surface area contributed by atoms with E-state index < -0.39 is 10.0 Å². The van der Waals surface area contributed by atoms with Crippen LogP contribution in [0, 0.1) is 5.92 Å². The molecule has 2 aromatic carbocycles. The number of carbonyl (C=O) groups excluding carboxylic acids is 1. The monoisotopic (exact) mass is 436 g/mol. The molecule has 1 fully saturated rings. The minimum absolute atomic E-state index is 0.146. The minimum Gasteiger partial charge on any atom is -0.494 e. The van der Waals surface area contributed by atoms with E-state index in [-0.39, 0.29) is 23.3 Å². The summed E-state index contributed by atoms with van der Waals surface area (Å²) in [5.41, 5.74) is 0.893. The molecular weight excluding hydrogens is 412 g/mol. The average molecular weight is 437 g/mol. The number of sulfonamides is 1. The fourth-order valence-electron chi connectivity index (χ4n) is 3.40. The number of halogens is 1. The lowest BCUT2D eigenvalue weighted by Crippen LogP contribution is -2.45. The van der Waals surface area contributed by atoms with Crippen LogP contribution in [0.15, 0.2) is 53.4 Å². The lowest BCUT2D eigenvalue weighted by molar-refractivity contribution is -0.126. The van der Waals surface area contributed by atoms with Crippen molar-refractivity contribution in [2.24, 2.45) is 5.92 Å². The third kappa shape index (κ3) is 5.29. The van der Waals surface area contributed by atoms with Crippen LogP contribution in [0.25, 0.3) is 0 Å². The van der Waals surface area contributed by atoms with E-state index in [1.807, 2.05) is 31.2 Å². The summed E-state index contributed by atoms with van der Waals surface area (Å²) >= 11 is 5.86. The van der Waals surface area contributed by atoms with Crippen molar-refractivity contribution in [3.63, 3.8) is 0 Å². The summed E-state index contributed by atoms with van der Waals surface area (Å²) in [7, 11) is -3.65. The van der Waals surface area contributed by atoms with Crippen molar-refractivity contribution in [2.75, 3.05) is 19.7 Å². The number of piperidine rings is 1. The van der Waals surface area contributed by atoms with Gasteiger partial charge in [0.05, 0.1) is 17.4 Å². The Morgan fingerprint density at radius 1 is 1.21 bits per heavy atom. The number of para-hydroxylation sites is 1. The fourth-order valence-corrected chi connectivity index (χ4v) is 5.05. The molecule has 0 spiro atoms. The van der Waals surface area contributed by atoms with E-state index in [9.17, 15) is 13.2 Å². The Balaban J connectivity index is 1.64. The van der Waals surface area contributed by atoms with Crippen LogP contribution in [0.2, 0.25) is 5.02 Å². The Hall–Kier alpha value is -2.09. The number of amides is 1. The van der Waals surface area contributed by atoms with E-state index in [0.717, 1.165) is 11.3 Å². The maximum atomic E-state index is 12.9. The van der Waals surface area contributed by atoms with Gasteiger partial charge in [-0.2, -0.15) is 4.31 Å². The number of hydrogen-bond acceptors (Lipinski definition) is 4. The Morgan fingerprint density at radius 3 is 2.66 bits per heavy atom. The maximum Gasteiger partial charge on any atom is 0.243 e. The first-order valence-corrected chi connectivity index (χ1v) is 11.5. The average Bonchev–Trinajstić information content (AvgIpc) is 2.73. The second kappa shape index (κ2) is 9.61. The molecule has 0 aliphatic carbocycles. The van der Waals surface area contributed by atoms with Gasteiger partial charge in [0.2, 0.25) is 15.9 Å². The van der Waals surface area contributed by atoms with Gasteiger partial charge in [-0.25, -0.2) is 8.42 Å². The lowest BCUT2D eigenvalue weighted by atomic mass is 9.98. The van der Waals surface area contributed by atoms with Crippen molar-refractivity contribution in [1.29, 1.82) is 0 Å². The highest BCUT2D eigenvalue weighted by molar-refractivity contribution is 7.89. The van der Waals surface area contributed by atoms with Crippen molar-refractivity contribution in [2.45, 2.75) is 31.2 Å².